The van der Waals surface area contributed by atoms with Crippen molar-refractivity contribution in [3.63, 3.8) is 0 Å². The van der Waals surface area contributed by atoms with Gasteiger partial charge in [-0.15, -0.1) is 0 Å². The second kappa shape index (κ2) is 18.4. The normalized spacial score (nSPS) is 12.1. The van der Waals surface area contributed by atoms with Crippen molar-refractivity contribution >= 4 is 29.6 Å². The number of aliphatic carboxylic acids is 2. The van der Waals surface area contributed by atoms with E-state index in [0.717, 1.165) is 23.4 Å². The third-order valence-corrected chi connectivity index (χ3v) is 6.78. The number of H-pyrrole nitrogens is 1. The molecule has 2 heterocycles. The molecule has 15 heteroatoms. The number of amides is 2. The number of pyridine rings is 1. The molecule has 0 aliphatic heterocycles. The Bertz CT molecular complexity index is 1590. The Hall–Kier alpha value is -5.73. The number of hydrogen-bond donors (Lipinski definition) is 6. The fraction of sp³-hybridized carbons (Fsp3) is 0.273. The van der Waals surface area contributed by atoms with E-state index in [1.165, 1.54) is 6.33 Å². The van der Waals surface area contributed by atoms with Crippen molar-refractivity contribution in [3.05, 3.63) is 103 Å². The van der Waals surface area contributed by atoms with E-state index in [0.29, 0.717) is 24.2 Å². The van der Waals surface area contributed by atoms with E-state index in [-0.39, 0.29) is 25.2 Å². The number of rotatable bonds is 15. The number of hydrogen-bond acceptors (Lipinski definition) is 7. The number of imidazole rings is 1. The zero-order valence-corrected chi connectivity index (χ0v) is 25.6. The van der Waals surface area contributed by atoms with Gasteiger partial charge in [-0.05, 0) is 41.7 Å². The summed E-state index contributed by atoms with van der Waals surface area (Å²) in [6.07, 6.45) is 1.26. The number of alkyl halides is 3. The van der Waals surface area contributed by atoms with E-state index in [4.69, 9.17) is 9.90 Å². The Morgan fingerprint density at radius 2 is 1.50 bits per heavy atom. The number of unbranched alkanes of at least 4 members (excludes halogenated alkanes) is 1. The average Bonchev–Trinajstić information content (AvgIpc) is 3.58. The summed E-state index contributed by atoms with van der Waals surface area (Å²) in [7, 11) is 0. The van der Waals surface area contributed by atoms with Crippen LogP contribution in [0, 0.1) is 0 Å². The van der Waals surface area contributed by atoms with Crippen LogP contribution in [0.4, 0.5) is 19.0 Å². The molecule has 0 saturated carbocycles. The predicted octanol–water partition coefficient (Wildman–Crippen LogP) is 4.75. The number of anilines is 1. The molecule has 0 spiro atoms. The summed E-state index contributed by atoms with van der Waals surface area (Å²) in [5, 5.41) is 25.5. The number of halogens is 3. The van der Waals surface area contributed by atoms with Crippen molar-refractivity contribution in [2.24, 2.45) is 0 Å². The Kier molecular flexibility index (Phi) is 14.1. The number of carbonyl (C=O) groups excluding carboxylic acids is 2. The minimum Gasteiger partial charge on any atom is -0.481 e. The van der Waals surface area contributed by atoms with Gasteiger partial charge in [-0.2, -0.15) is 13.2 Å². The van der Waals surface area contributed by atoms with Crippen molar-refractivity contribution in [3.8, 4) is 11.1 Å². The van der Waals surface area contributed by atoms with Gasteiger partial charge in [-0.1, -0.05) is 60.7 Å². The van der Waals surface area contributed by atoms with E-state index < -0.39 is 36.1 Å². The van der Waals surface area contributed by atoms with Gasteiger partial charge in [-0.3, -0.25) is 14.4 Å². The van der Waals surface area contributed by atoms with Gasteiger partial charge in [0.1, 0.15) is 11.9 Å². The quantitative estimate of drug-likeness (QED) is 0.0973. The fourth-order valence-corrected chi connectivity index (χ4v) is 4.42. The molecule has 4 aromatic rings. The first-order chi connectivity index (χ1) is 22.9. The predicted molar refractivity (Wildman–Crippen MR) is 170 cm³/mol. The number of nitrogens with zero attached hydrogens (tertiary/aromatic N) is 2. The smallest absolute Gasteiger partial charge is 0.481 e. The van der Waals surface area contributed by atoms with Gasteiger partial charge >= 0.3 is 18.1 Å². The highest BCUT2D eigenvalue weighted by molar-refractivity contribution is 5.88. The monoisotopic (exact) mass is 668 g/mol. The molecule has 48 heavy (non-hydrogen) atoms. The molecule has 12 nitrogen and oxygen atoms in total. The van der Waals surface area contributed by atoms with Crippen LogP contribution < -0.4 is 16.0 Å². The molecule has 0 saturated heterocycles. The highest BCUT2D eigenvalue weighted by atomic mass is 19.4. The molecular weight excluding hydrogens is 633 g/mol. The first kappa shape index (κ1) is 36.7. The third-order valence-electron chi connectivity index (χ3n) is 6.78. The molecule has 2 aromatic carbocycles. The van der Waals surface area contributed by atoms with Crippen LogP contribution in [0.15, 0.2) is 91.5 Å². The van der Waals surface area contributed by atoms with Crippen LogP contribution in [0.5, 0.6) is 0 Å². The highest BCUT2D eigenvalue weighted by Crippen LogP contribution is 2.24. The third kappa shape index (κ3) is 12.9. The van der Waals surface area contributed by atoms with Gasteiger partial charge in [0.25, 0.3) is 0 Å². The lowest BCUT2D eigenvalue weighted by Crippen LogP contribution is -2.49. The minimum atomic E-state index is -5.08. The lowest BCUT2D eigenvalue weighted by molar-refractivity contribution is -0.192. The van der Waals surface area contributed by atoms with E-state index in [2.05, 4.69) is 30.9 Å². The first-order valence-corrected chi connectivity index (χ1v) is 14.8. The molecule has 0 fully saturated rings. The van der Waals surface area contributed by atoms with Crippen LogP contribution in [0.1, 0.15) is 43.0 Å². The highest BCUT2D eigenvalue weighted by Gasteiger charge is 2.38. The molecule has 2 amide bonds. The van der Waals surface area contributed by atoms with Crippen molar-refractivity contribution in [2.45, 2.75) is 50.4 Å². The summed E-state index contributed by atoms with van der Waals surface area (Å²) in [5.74, 6) is -3.77. The molecular formula is C33H35F3N6O6. The number of benzene rings is 2. The maximum Gasteiger partial charge on any atom is 0.490 e. The summed E-state index contributed by atoms with van der Waals surface area (Å²) in [6.45, 7) is 0.668. The number of aromatic nitrogens is 3. The maximum atomic E-state index is 13.4. The molecule has 1 unspecified atom stereocenters. The molecule has 2 atom stereocenters. The molecule has 6 N–H and O–H groups in total. The largest absolute Gasteiger partial charge is 0.490 e. The molecule has 0 bridgehead atoms. The number of carbonyl (C=O) groups is 4. The summed E-state index contributed by atoms with van der Waals surface area (Å²) < 4.78 is 31.7. The number of aromatic amines is 1. The summed E-state index contributed by atoms with van der Waals surface area (Å²) in [6, 6.07) is 21.2. The molecule has 2 aromatic heterocycles. The Morgan fingerprint density at radius 1 is 0.833 bits per heavy atom. The lowest BCUT2D eigenvalue weighted by Gasteiger charge is -2.23. The molecule has 0 radical (unpaired) electrons. The van der Waals surface area contributed by atoms with Gasteiger partial charge in [0.2, 0.25) is 11.8 Å². The van der Waals surface area contributed by atoms with Crippen molar-refractivity contribution in [2.75, 3.05) is 11.9 Å². The topological polar surface area (TPSA) is 186 Å². The van der Waals surface area contributed by atoms with Gasteiger partial charge in [0.05, 0.1) is 24.5 Å². The van der Waals surface area contributed by atoms with E-state index in [9.17, 15) is 32.7 Å². The average molecular weight is 669 g/mol. The van der Waals surface area contributed by atoms with Crippen LogP contribution in [0.2, 0.25) is 0 Å². The number of carboxylic acid groups (broad SMARTS) is 2. The summed E-state index contributed by atoms with van der Waals surface area (Å²) >= 11 is 0. The second-order valence-corrected chi connectivity index (χ2v) is 10.4. The Balaban J connectivity index is 0.000000804. The van der Waals surface area contributed by atoms with Crippen LogP contribution in [-0.2, 0) is 25.6 Å². The minimum absolute atomic E-state index is 0.162. The van der Waals surface area contributed by atoms with E-state index >= 15 is 0 Å². The molecule has 254 valence electrons. The zero-order chi connectivity index (χ0) is 34.9. The molecule has 4 rings (SSSR count). The molecule has 0 aliphatic carbocycles. The summed E-state index contributed by atoms with van der Waals surface area (Å²) in [4.78, 5) is 58.0. The van der Waals surface area contributed by atoms with Crippen LogP contribution in [-0.4, -0.2) is 67.7 Å². The Labute approximate surface area is 273 Å². The van der Waals surface area contributed by atoms with E-state index in [1.807, 2.05) is 72.8 Å². The van der Waals surface area contributed by atoms with E-state index in [1.54, 1.807) is 12.4 Å². The number of carboxylic acids is 2. The fourth-order valence-electron chi connectivity index (χ4n) is 4.42. The zero-order valence-electron chi connectivity index (χ0n) is 25.6. The lowest BCUT2D eigenvalue weighted by atomic mass is 9.98. The standard InChI is InChI=1S/C31H34N6O4.C2HF3O2/c38-29(11-5-7-17-34-28-10-4-6-16-33-28)36-27(18-25-20-32-21-35-25)31(41)37-26(19-30(39)40)24-14-12-23(13-15-24)22-8-2-1-3-9-22;3-2(4,5)1(6)7/h1-4,6,8-10,12-16,20-21,26-27H,5,7,11,17-19H2,(H,32,35)(H,33,34)(H,36,38)(H,37,41)(H,39,40);(H,6,7)/t26?,27-;/m0./s1. The van der Waals surface area contributed by atoms with Gasteiger partial charge in [0, 0.05) is 31.8 Å². The SMILES string of the molecule is O=C(O)C(F)(F)F.O=C(O)CC(NC(=O)[C@H](Cc1c[nH]cn1)NC(=O)CCCCNc1ccccn1)c1ccc(-c2ccccc2)cc1. The van der Waals surface area contributed by atoms with Gasteiger partial charge in [0.15, 0.2) is 0 Å². The van der Waals surface area contributed by atoms with Gasteiger partial charge in [-0.25, -0.2) is 14.8 Å². The van der Waals surface area contributed by atoms with Crippen LogP contribution >= 0.6 is 0 Å². The van der Waals surface area contributed by atoms with Gasteiger partial charge < -0.3 is 31.1 Å². The second-order valence-electron chi connectivity index (χ2n) is 10.4. The van der Waals surface area contributed by atoms with Crippen LogP contribution in [0.3, 0.4) is 0 Å². The molecule has 0 aliphatic rings. The number of nitrogens with one attached hydrogen (secondary N) is 4. The maximum absolute atomic E-state index is 13.4. The summed E-state index contributed by atoms with van der Waals surface area (Å²) in [5.41, 5.74) is 3.28. The van der Waals surface area contributed by atoms with Crippen molar-refractivity contribution in [1.29, 1.82) is 0 Å². The van der Waals surface area contributed by atoms with Crippen molar-refractivity contribution < 1.29 is 42.6 Å². The Morgan fingerprint density at radius 3 is 2.08 bits per heavy atom. The first-order valence-electron chi connectivity index (χ1n) is 14.8. The van der Waals surface area contributed by atoms with Crippen molar-refractivity contribution in [1.82, 2.24) is 25.6 Å². The van der Waals surface area contributed by atoms with Crippen LogP contribution in [0.25, 0.3) is 11.1 Å².